The first-order chi connectivity index (χ1) is 7.79. The van der Waals surface area contributed by atoms with E-state index in [4.69, 9.17) is 5.26 Å². The molecule has 0 spiro atoms. The number of nitriles is 1. The molecule has 0 fully saturated rings. The van der Waals surface area contributed by atoms with Gasteiger partial charge in [-0.15, -0.1) is 0 Å². The SMILES string of the molecule is N#Cc1cc2[nH]c3ccccc3c(=O)n2n1. The summed E-state index contributed by atoms with van der Waals surface area (Å²) < 4.78 is 1.21. The van der Waals surface area contributed by atoms with Crippen molar-refractivity contribution in [3.05, 3.63) is 46.4 Å². The molecular weight excluding hydrogens is 204 g/mol. The number of fused-ring (bicyclic) bond motifs is 2. The molecule has 0 aliphatic carbocycles. The Hall–Kier alpha value is -2.61. The van der Waals surface area contributed by atoms with Crippen molar-refractivity contribution >= 4 is 16.6 Å². The second-order valence-electron chi connectivity index (χ2n) is 3.41. The third-order valence-electron chi connectivity index (χ3n) is 2.44. The molecule has 3 aromatic rings. The van der Waals surface area contributed by atoms with E-state index in [0.29, 0.717) is 11.0 Å². The Morgan fingerprint density at radius 1 is 1.38 bits per heavy atom. The number of aromatic amines is 1. The van der Waals surface area contributed by atoms with Crippen molar-refractivity contribution < 1.29 is 0 Å². The molecule has 0 saturated carbocycles. The number of nitrogens with zero attached hydrogens (tertiary/aromatic N) is 3. The molecule has 16 heavy (non-hydrogen) atoms. The predicted octanol–water partition coefficient (Wildman–Crippen LogP) is 1.05. The first-order valence-electron chi connectivity index (χ1n) is 4.70. The van der Waals surface area contributed by atoms with E-state index in [1.807, 2.05) is 18.2 Å². The van der Waals surface area contributed by atoms with Gasteiger partial charge in [0.25, 0.3) is 5.56 Å². The zero-order chi connectivity index (χ0) is 11.1. The summed E-state index contributed by atoms with van der Waals surface area (Å²) in [5.74, 6) is 0. The van der Waals surface area contributed by atoms with Crippen LogP contribution in [0.3, 0.4) is 0 Å². The summed E-state index contributed by atoms with van der Waals surface area (Å²) in [6.45, 7) is 0. The summed E-state index contributed by atoms with van der Waals surface area (Å²) in [4.78, 5) is 15.0. The van der Waals surface area contributed by atoms with E-state index < -0.39 is 0 Å². The van der Waals surface area contributed by atoms with E-state index in [9.17, 15) is 4.79 Å². The van der Waals surface area contributed by atoms with Crippen LogP contribution in [-0.2, 0) is 0 Å². The summed E-state index contributed by atoms with van der Waals surface area (Å²) in [5, 5.41) is 13.2. The number of nitrogens with one attached hydrogen (secondary N) is 1. The second kappa shape index (κ2) is 2.94. The molecule has 5 heteroatoms. The van der Waals surface area contributed by atoms with Crippen LogP contribution >= 0.6 is 0 Å². The molecule has 0 radical (unpaired) electrons. The maximum absolute atomic E-state index is 12.0. The van der Waals surface area contributed by atoms with Gasteiger partial charge < -0.3 is 4.98 Å². The van der Waals surface area contributed by atoms with Crippen LogP contribution in [0.15, 0.2) is 35.1 Å². The maximum Gasteiger partial charge on any atom is 0.282 e. The molecule has 0 bridgehead atoms. The van der Waals surface area contributed by atoms with Crippen molar-refractivity contribution in [2.75, 3.05) is 0 Å². The highest BCUT2D eigenvalue weighted by molar-refractivity contribution is 5.79. The van der Waals surface area contributed by atoms with Crippen LogP contribution < -0.4 is 5.56 Å². The van der Waals surface area contributed by atoms with Gasteiger partial charge in [0.05, 0.1) is 10.9 Å². The summed E-state index contributed by atoms with van der Waals surface area (Å²) in [7, 11) is 0. The summed E-state index contributed by atoms with van der Waals surface area (Å²) in [5.41, 5.74) is 1.28. The van der Waals surface area contributed by atoms with E-state index in [2.05, 4.69) is 10.1 Å². The van der Waals surface area contributed by atoms with Gasteiger partial charge in [-0.05, 0) is 12.1 Å². The van der Waals surface area contributed by atoms with Crippen LogP contribution in [0, 0.1) is 11.3 Å². The number of hydrogen-bond acceptors (Lipinski definition) is 3. The lowest BCUT2D eigenvalue weighted by Crippen LogP contribution is -2.15. The van der Waals surface area contributed by atoms with Crippen molar-refractivity contribution in [2.24, 2.45) is 0 Å². The minimum absolute atomic E-state index is 0.217. The maximum atomic E-state index is 12.0. The van der Waals surface area contributed by atoms with Crippen LogP contribution in [0.2, 0.25) is 0 Å². The van der Waals surface area contributed by atoms with Gasteiger partial charge in [-0.1, -0.05) is 12.1 Å². The van der Waals surface area contributed by atoms with Crippen molar-refractivity contribution in [1.29, 1.82) is 5.26 Å². The average molecular weight is 210 g/mol. The van der Waals surface area contributed by atoms with Gasteiger partial charge in [0.1, 0.15) is 11.7 Å². The first-order valence-corrected chi connectivity index (χ1v) is 4.70. The highest BCUT2D eigenvalue weighted by atomic mass is 16.1. The lowest BCUT2D eigenvalue weighted by molar-refractivity contribution is 0.907. The molecule has 1 aromatic carbocycles. The van der Waals surface area contributed by atoms with Gasteiger partial charge in [0.15, 0.2) is 5.69 Å². The summed E-state index contributed by atoms with van der Waals surface area (Å²) >= 11 is 0. The zero-order valence-corrected chi connectivity index (χ0v) is 8.14. The summed E-state index contributed by atoms with van der Waals surface area (Å²) in [6, 6.07) is 10.6. The lowest BCUT2D eigenvalue weighted by atomic mass is 10.2. The number of rotatable bonds is 0. The average Bonchev–Trinajstić information content (AvgIpc) is 2.73. The van der Waals surface area contributed by atoms with E-state index in [1.54, 1.807) is 18.2 Å². The van der Waals surface area contributed by atoms with Gasteiger partial charge in [-0.25, -0.2) is 0 Å². The Morgan fingerprint density at radius 2 is 2.19 bits per heavy atom. The van der Waals surface area contributed by atoms with E-state index in [-0.39, 0.29) is 11.3 Å². The van der Waals surface area contributed by atoms with Gasteiger partial charge in [-0.2, -0.15) is 14.9 Å². The molecule has 1 N–H and O–H groups in total. The van der Waals surface area contributed by atoms with E-state index in [1.165, 1.54) is 4.52 Å². The minimum atomic E-state index is -0.217. The molecule has 0 unspecified atom stereocenters. The van der Waals surface area contributed by atoms with Crippen LogP contribution in [0.1, 0.15) is 5.69 Å². The third kappa shape index (κ3) is 1.04. The third-order valence-corrected chi connectivity index (χ3v) is 2.44. The highest BCUT2D eigenvalue weighted by Gasteiger charge is 2.07. The molecule has 0 aliphatic rings. The number of H-pyrrole nitrogens is 1. The molecule has 0 atom stereocenters. The Morgan fingerprint density at radius 3 is 3.00 bits per heavy atom. The Kier molecular flexibility index (Phi) is 1.59. The highest BCUT2D eigenvalue weighted by Crippen LogP contribution is 2.08. The summed E-state index contributed by atoms with van der Waals surface area (Å²) in [6.07, 6.45) is 0. The molecule has 76 valence electrons. The van der Waals surface area contributed by atoms with E-state index in [0.717, 1.165) is 5.52 Å². The largest absolute Gasteiger partial charge is 0.339 e. The monoisotopic (exact) mass is 210 g/mol. The molecule has 3 rings (SSSR count). The van der Waals surface area contributed by atoms with Crippen molar-refractivity contribution in [3.8, 4) is 6.07 Å². The van der Waals surface area contributed by atoms with Crippen LogP contribution in [0.25, 0.3) is 16.6 Å². The fourth-order valence-corrected chi connectivity index (χ4v) is 1.71. The van der Waals surface area contributed by atoms with Gasteiger partial charge >= 0.3 is 0 Å². The molecule has 5 nitrogen and oxygen atoms in total. The molecule has 2 aromatic heterocycles. The van der Waals surface area contributed by atoms with Crippen LogP contribution in [-0.4, -0.2) is 14.6 Å². The van der Waals surface area contributed by atoms with Crippen LogP contribution in [0.5, 0.6) is 0 Å². The first kappa shape index (κ1) is 8.68. The van der Waals surface area contributed by atoms with Crippen molar-refractivity contribution in [1.82, 2.24) is 14.6 Å². The lowest BCUT2D eigenvalue weighted by Gasteiger charge is -1.97. The van der Waals surface area contributed by atoms with Gasteiger partial charge in [0.2, 0.25) is 0 Å². The van der Waals surface area contributed by atoms with Gasteiger partial charge in [0, 0.05) is 6.07 Å². The van der Waals surface area contributed by atoms with Crippen molar-refractivity contribution in [3.63, 3.8) is 0 Å². The molecular formula is C11H6N4O. The normalized spacial score (nSPS) is 10.7. The molecule has 2 heterocycles. The molecule has 0 amide bonds. The minimum Gasteiger partial charge on any atom is -0.339 e. The molecule has 0 saturated heterocycles. The number of benzene rings is 1. The number of hydrogen-bond donors (Lipinski definition) is 1. The standard InChI is InChI=1S/C11H6N4O/c12-6-7-5-10-13-9-4-2-1-3-8(9)11(16)15(10)14-7/h1-5,13H. The topological polar surface area (TPSA) is 74.0 Å². The fourth-order valence-electron chi connectivity index (χ4n) is 1.71. The predicted molar refractivity (Wildman–Crippen MR) is 58.0 cm³/mol. The van der Waals surface area contributed by atoms with E-state index >= 15 is 0 Å². The van der Waals surface area contributed by atoms with Crippen molar-refractivity contribution in [2.45, 2.75) is 0 Å². The Bertz CT molecular complexity index is 791. The van der Waals surface area contributed by atoms with Gasteiger partial charge in [-0.3, -0.25) is 4.79 Å². The quantitative estimate of drug-likeness (QED) is 0.602. The molecule has 0 aliphatic heterocycles. The fraction of sp³-hybridized carbons (Fsp3) is 0. The smallest absolute Gasteiger partial charge is 0.282 e. The second-order valence-corrected chi connectivity index (χ2v) is 3.41. The number of aromatic nitrogens is 3. The zero-order valence-electron chi connectivity index (χ0n) is 8.14. The Balaban J connectivity index is 2.59. The van der Waals surface area contributed by atoms with Crippen LogP contribution in [0.4, 0.5) is 0 Å². The Labute approximate surface area is 89.6 Å². The number of para-hydroxylation sites is 1.